The average molecular weight is 540 g/mol. The predicted octanol–water partition coefficient (Wildman–Crippen LogP) is 3.40. The van der Waals surface area contributed by atoms with E-state index in [9.17, 15) is 15.0 Å². The Hall–Kier alpha value is -2.92. The number of fused-ring (bicyclic) bond motifs is 1. The fourth-order valence-electron chi connectivity index (χ4n) is 5.61. The number of nitrogens with zero attached hydrogens (tertiary/aromatic N) is 4. The smallest absolute Gasteiger partial charge is 0.223 e. The number of aromatic nitrogens is 3. The molecule has 0 amide bonds. The van der Waals surface area contributed by atoms with Crippen molar-refractivity contribution in [3.63, 3.8) is 0 Å². The molecule has 39 heavy (non-hydrogen) atoms. The highest BCUT2D eigenvalue weighted by Gasteiger charge is 2.29. The van der Waals surface area contributed by atoms with Gasteiger partial charge in [0, 0.05) is 54.5 Å². The molecule has 2 aromatic heterocycles. The number of hydrogen-bond donors (Lipinski definition) is 3. The Bertz CT molecular complexity index is 1410. The van der Waals surface area contributed by atoms with Crippen molar-refractivity contribution in [3.05, 3.63) is 51.7 Å². The average Bonchev–Trinajstić information content (AvgIpc) is 2.90. The first-order valence-corrected chi connectivity index (χ1v) is 13.7. The summed E-state index contributed by atoms with van der Waals surface area (Å²) in [4.78, 5) is 24.3. The lowest BCUT2D eigenvalue weighted by Gasteiger charge is -2.36. The fraction of sp³-hybridized carbons (Fsp3) is 0.552. The number of rotatable bonds is 6. The van der Waals surface area contributed by atoms with Crippen molar-refractivity contribution in [2.45, 2.75) is 77.3 Å². The molecule has 0 saturated carbocycles. The van der Waals surface area contributed by atoms with Gasteiger partial charge in [-0.1, -0.05) is 6.07 Å². The molecule has 0 radical (unpaired) electrons. The van der Waals surface area contributed by atoms with Crippen LogP contribution in [0.1, 0.15) is 57.3 Å². The Morgan fingerprint density at radius 2 is 2.03 bits per heavy atom. The number of aliphatic hydroxyl groups is 2. The molecule has 0 aliphatic carbocycles. The van der Waals surface area contributed by atoms with Crippen LogP contribution in [0, 0.1) is 12.7 Å². The van der Waals surface area contributed by atoms with Crippen molar-refractivity contribution in [2.75, 3.05) is 31.6 Å². The summed E-state index contributed by atoms with van der Waals surface area (Å²) in [6, 6.07) is 5.06. The van der Waals surface area contributed by atoms with Gasteiger partial charge in [-0.05, 0) is 59.1 Å². The summed E-state index contributed by atoms with van der Waals surface area (Å²) in [5, 5.41) is 24.3. The number of benzene rings is 1. The third kappa shape index (κ3) is 5.70. The summed E-state index contributed by atoms with van der Waals surface area (Å²) in [7, 11) is 0. The third-order valence-corrected chi connectivity index (χ3v) is 8.05. The quantitative estimate of drug-likeness (QED) is 0.437. The minimum absolute atomic E-state index is 0.0357. The summed E-state index contributed by atoms with van der Waals surface area (Å²) in [6.45, 7) is 10.7. The van der Waals surface area contributed by atoms with E-state index in [2.05, 4.69) is 38.6 Å². The lowest BCUT2D eigenvalue weighted by Crippen LogP contribution is -2.42. The lowest BCUT2D eigenvalue weighted by molar-refractivity contribution is -0.0136. The zero-order valence-electron chi connectivity index (χ0n) is 23.1. The predicted molar refractivity (Wildman–Crippen MR) is 148 cm³/mol. The zero-order valence-corrected chi connectivity index (χ0v) is 23.1. The number of anilines is 1. The Morgan fingerprint density at radius 1 is 1.28 bits per heavy atom. The van der Waals surface area contributed by atoms with Crippen molar-refractivity contribution in [1.82, 2.24) is 19.4 Å². The number of hydrogen-bond acceptors (Lipinski definition) is 8. The molecule has 0 spiro atoms. The molecular formula is C29H38FN5O4. The second-order valence-electron chi connectivity index (χ2n) is 11.4. The molecule has 3 aromatic rings. The van der Waals surface area contributed by atoms with Crippen LogP contribution in [0.4, 0.5) is 10.3 Å². The van der Waals surface area contributed by atoms with Gasteiger partial charge >= 0.3 is 0 Å². The third-order valence-electron chi connectivity index (χ3n) is 8.05. The van der Waals surface area contributed by atoms with Gasteiger partial charge in [0.05, 0.1) is 36.1 Å². The van der Waals surface area contributed by atoms with Gasteiger partial charge in [0.15, 0.2) is 11.2 Å². The maximum atomic E-state index is 15.0. The number of halogens is 1. The molecule has 1 aromatic carbocycles. The van der Waals surface area contributed by atoms with Crippen LogP contribution in [0.2, 0.25) is 0 Å². The maximum Gasteiger partial charge on any atom is 0.223 e. The molecule has 2 saturated heterocycles. The number of ether oxygens (including phenoxy) is 1. The first-order chi connectivity index (χ1) is 18.5. The minimum Gasteiger partial charge on any atom is -0.390 e. The van der Waals surface area contributed by atoms with Gasteiger partial charge in [0.1, 0.15) is 5.69 Å². The Kier molecular flexibility index (Phi) is 7.74. The highest BCUT2D eigenvalue weighted by molar-refractivity contribution is 5.85. The van der Waals surface area contributed by atoms with E-state index in [0.717, 1.165) is 30.5 Å². The van der Waals surface area contributed by atoms with Crippen LogP contribution >= 0.6 is 0 Å². The SMILES string of the molecule is Cc1c(CN2CCC(C)(O)CC2)n(C(C)C)c2cc(-c3nc(N[C@@H]4CCOC[C@H]4O)ncc3F)ccc2c1=O. The van der Waals surface area contributed by atoms with Crippen LogP contribution in [0.5, 0.6) is 0 Å². The summed E-state index contributed by atoms with van der Waals surface area (Å²) in [6.07, 6.45) is 2.38. The van der Waals surface area contributed by atoms with Gasteiger partial charge in [-0.25, -0.2) is 14.4 Å². The van der Waals surface area contributed by atoms with Crippen LogP contribution < -0.4 is 10.7 Å². The molecular weight excluding hydrogens is 501 g/mol. The van der Waals surface area contributed by atoms with E-state index in [1.807, 2.05) is 19.9 Å². The Labute approximate surface area is 227 Å². The molecule has 2 aliphatic rings. The molecule has 0 unspecified atom stereocenters. The van der Waals surface area contributed by atoms with Gasteiger partial charge in [-0.15, -0.1) is 0 Å². The largest absolute Gasteiger partial charge is 0.390 e. The van der Waals surface area contributed by atoms with E-state index < -0.39 is 17.5 Å². The molecule has 2 atom stereocenters. The van der Waals surface area contributed by atoms with Gasteiger partial charge in [0.2, 0.25) is 5.95 Å². The topological polar surface area (TPSA) is 113 Å². The first kappa shape index (κ1) is 27.6. The maximum absolute atomic E-state index is 15.0. The van der Waals surface area contributed by atoms with Gasteiger partial charge in [-0.2, -0.15) is 0 Å². The Balaban J connectivity index is 1.55. The summed E-state index contributed by atoms with van der Waals surface area (Å²) >= 11 is 0. The molecule has 5 rings (SSSR count). The molecule has 210 valence electrons. The highest BCUT2D eigenvalue weighted by atomic mass is 19.1. The van der Waals surface area contributed by atoms with Crippen molar-refractivity contribution >= 4 is 16.9 Å². The van der Waals surface area contributed by atoms with Crippen LogP contribution in [-0.2, 0) is 11.3 Å². The van der Waals surface area contributed by atoms with E-state index in [0.29, 0.717) is 48.9 Å². The van der Waals surface area contributed by atoms with Crippen molar-refractivity contribution in [2.24, 2.45) is 0 Å². The fourth-order valence-corrected chi connectivity index (χ4v) is 5.61. The lowest BCUT2D eigenvalue weighted by atomic mass is 9.93. The summed E-state index contributed by atoms with van der Waals surface area (Å²) in [5.74, 6) is -0.345. The molecule has 9 nitrogen and oxygen atoms in total. The van der Waals surface area contributed by atoms with Crippen molar-refractivity contribution < 1.29 is 19.3 Å². The number of piperidine rings is 1. The molecule has 4 heterocycles. The van der Waals surface area contributed by atoms with E-state index in [1.165, 1.54) is 0 Å². The van der Waals surface area contributed by atoms with E-state index in [4.69, 9.17) is 4.74 Å². The van der Waals surface area contributed by atoms with Gasteiger partial charge in [-0.3, -0.25) is 9.69 Å². The molecule has 0 bridgehead atoms. The van der Waals surface area contributed by atoms with E-state index in [1.54, 1.807) is 12.1 Å². The van der Waals surface area contributed by atoms with Crippen LogP contribution in [0.3, 0.4) is 0 Å². The van der Waals surface area contributed by atoms with E-state index in [-0.39, 0.29) is 35.8 Å². The molecule has 2 fully saturated rings. The Morgan fingerprint density at radius 3 is 2.72 bits per heavy atom. The van der Waals surface area contributed by atoms with Crippen LogP contribution in [0.25, 0.3) is 22.2 Å². The number of nitrogens with one attached hydrogen (secondary N) is 1. The summed E-state index contributed by atoms with van der Waals surface area (Å²) < 4.78 is 22.5. The van der Waals surface area contributed by atoms with E-state index >= 15 is 4.39 Å². The molecule has 3 N–H and O–H groups in total. The number of pyridine rings is 1. The zero-order chi connectivity index (χ0) is 27.9. The van der Waals surface area contributed by atoms with Crippen LogP contribution in [0.15, 0.2) is 29.2 Å². The second-order valence-corrected chi connectivity index (χ2v) is 11.4. The number of likely N-dealkylation sites (tertiary alicyclic amines) is 1. The van der Waals surface area contributed by atoms with Crippen LogP contribution in [-0.4, -0.2) is 73.7 Å². The standard InChI is InChI=1S/C29H38FN5O4/c1-17(2)35-23-13-19(26-21(30)14-31-28(33-26)32-22-7-12-39-16-25(22)36)5-6-20(23)27(37)18(3)24(35)15-34-10-8-29(4,38)9-11-34/h5-6,13-14,17,22,25,36,38H,7-12,15-16H2,1-4H3,(H,31,32,33)/t22-,25-/m1/s1. The second kappa shape index (κ2) is 10.9. The monoisotopic (exact) mass is 539 g/mol. The van der Waals surface area contributed by atoms with Gasteiger partial charge < -0.3 is 24.8 Å². The molecule has 2 aliphatic heterocycles. The normalized spacial score (nSPS) is 21.9. The highest BCUT2D eigenvalue weighted by Crippen LogP contribution is 2.30. The minimum atomic E-state index is -0.704. The first-order valence-electron chi connectivity index (χ1n) is 13.7. The van der Waals surface area contributed by atoms with Crippen molar-refractivity contribution in [3.8, 4) is 11.3 Å². The van der Waals surface area contributed by atoms with Crippen molar-refractivity contribution in [1.29, 1.82) is 0 Å². The summed E-state index contributed by atoms with van der Waals surface area (Å²) in [5.41, 5.74) is 2.33. The molecule has 10 heteroatoms. The van der Waals surface area contributed by atoms with Gasteiger partial charge in [0.25, 0.3) is 0 Å². The number of aliphatic hydroxyl groups excluding tert-OH is 1.